The van der Waals surface area contributed by atoms with Gasteiger partial charge < -0.3 is 14.7 Å². The minimum absolute atomic E-state index is 0.0299. The second-order valence-electron chi connectivity index (χ2n) is 7.24. The van der Waals surface area contributed by atoms with Crippen molar-refractivity contribution in [3.05, 3.63) is 46.1 Å². The first-order chi connectivity index (χ1) is 12.8. The number of nitrogens with zero attached hydrogens (tertiary/aromatic N) is 3. The van der Waals surface area contributed by atoms with E-state index in [9.17, 15) is 9.59 Å². The first kappa shape index (κ1) is 19.1. The fourth-order valence-electron chi connectivity index (χ4n) is 3.30. The number of carbonyl (C=O) groups is 2. The van der Waals surface area contributed by atoms with Crippen LogP contribution in [0.2, 0.25) is 0 Å². The van der Waals surface area contributed by atoms with Gasteiger partial charge in [-0.3, -0.25) is 14.6 Å². The molecule has 1 aliphatic rings. The maximum absolute atomic E-state index is 12.5. The minimum Gasteiger partial charge on any atom is -0.361 e. The van der Waals surface area contributed by atoms with Crippen LogP contribution in [0.1, 0.15) is 57.9 Å². The second kappa shape index (κ2) is 7.90. The van der Waals surface area contributed by atoms with Gasteiger partial charge >= 0.3 is 0 Å². The fourth-order valence-corrected chi connectivity index (χ4v) is 3.30. The molecule has 3 heterocycles. The molecule has 3 rings (SSSR count). The molecule has 1 saturated heterocycles. The van der Waals surface area contributed by atoms with Crippen molar-refractivity contribution >= 4 is 11.8 Å². The zero-order chi connectivity index (χ0) is 19.6. The van der Waals surface area contributed by atoms with Crippen molar-refractivity contribution in [1.29, 1.82) is 0 Å². The summed E-state index contributed by atoms with van der Waals surface area (Å²) in [4.78, 5) is 31.1. The van der Waals surface area contributed by atoms with Crippen LogP contribution in [-0.4, -0.2) is 39.4 Å². The molecule has 7 nitrogen and oxygen atoms in total. The molecule has 1 unspecified atom stereocenters. The molecule has 27 heavy (non-hydrogen) atoms. The second-order valence-corrected chi connectivity index (χ2v) is 7.24. The third-order valence-corrected chi connectivity index (χ3v) is 5.27. The van der Waals surface area contributed by atoms with Crippen molar-refractivity contribution in [3.63, 3.8) is 0 Å². The molecule has 2 aromatic heterocycles. The van der Waals surface area contributed by atoms with Gasteiger partial charge in [-0.25, -0.2) is 0 Å². The van der Waals surface area contributed by atoms with Crippen molar-refractivity contribution in [2.45, 2.75) is 59.5 Å². The van der Waals surface area contributed by atoms with Gasteiger partial charge in [-0.15, -0.1) is 0 Å². The lowest BCUT2D eigenvalue weighted by Gasteiger charge is -2.21. The van der Waals surface area contributed by atoms with E-state index in [0.717, 1.165) is 34.7 Å². The highest BCUT2D eigenvalue weighted by Gasteiger charge is 2.25. The number of hydrogen-bond acceptors (Lipinski definition) is 5. The largest absolute Gasteiger partial charge is 0.361 e. The SMILES string of the molecule is Cc1cc(C(=O)NC2CCC(=O)N(Cc3c(C)noc3C)CC2)cnc1C. The Morgan fingerprint density at radius 1 is 1.26 bits per heavy atom. The van der Waals surface area contributed by atoms with Crippen molar-refractivity contribution in [3.8, 4) is 0 Å². The molecule has 0 aliphatic carbocycles. The van der Waals surface area contributed by atoms with Crippen molar-refractivity contribution < 1.29 is 14.1 Å². The summed E-state index contributed by atoms with van der Waals surface area (Å²) < 4.78 is 5.19. The maximum atomic E-state index is 12.5. The van der Waals surface area contributed by atoms with Gasteiger partial charge in [0.1, 0.15) is 5.76 Å². The monoisotopic (exact) mass is 370 g/mol. The predicted octanol–water partition coefficient (Wildman–Crippen LogP) is 2.61. The van der Waals surface area contributed by atoms with E-state index in [2.05, 4.69) is 15.5 Å². The van der Waals surface area contributed by atoms with Crippen LogP contribution in [0.3, 0.4) is 0 Å². The predicted molar refractivity (Wildman–Crippen MR) is 100 cm³/mol. The van der Waals surface area contributed by atoms with Crippen LogP contribution in [0.4, 0.5) is 0 Å². The van der Waals surface area contributed by atoms with Crippen molar-refractivity contribution in [2.75, 3.05) is 6.54 Å². The van der Waals surface area contributed by atoms with E-state index in [4.69, 9.17) is 4.52 Å². The van der Waals surface area contributed by atoms with Gasteiger partial charge in [0.2, 0.25) is 5.91 Å². The number of pyridine rings is 1. The molecule has 0 aromatic carbocycles. The highest BCUT2D eigenvalue weighted by atomic mass is 16.5. The van der Waals surface area contributed by atoms with E-state index in [1.807, 2.05) is 38.7 Å². The summed E-state index contributed by atoms with van der Waals surface area (Å²) in [6, 6.07) is 1.82. The molecule has 0 saturated carbocycles. The Bertz CT molecular complexity index is 839. The zero-order valence-corrected chi connectivity index (χ0v) is 16.3. The molecule has 1 N–H and O–H groups in total. The number of nitrogens with one attached hydrogen (secondary N) is 1. The molecule has 0 bridgehead atoms. The summed E-state index contributed by atoms with van der Waals surface area (Å²) in [6.45, 7) is 8.70. The lowest BCUT2D eigenvalue weighted by molar-refractivity contribution is -0.131. The third kappa shape index (κ3) is 4.35. The highest BCUT2D eigenvalue weighted by molar-refractivity contribution is 5.94. The Hall–Kier alpha value is -2.70. The average molecular weight is 370 g/mol. The maximum Gasteiger partial charge on any atom is 0.253 e. The molecule has 0 spiro atoms. The Kier molecular flexibility index (Phi) is 5.58. The quantitative estimate of drug-likeness (QED) is 0.894. The van der Waals surface area contributed by atoms with Gasteiger partial charge in [0.15, 0.2) is 0 Å². The standard InChI is InChI=1S/C20H26N4O3/c1-12-9-16(10-21-13(12)2)20(26)22-17-5-6-19(25)24(8-7-17)11-18-14(3)23-27-15(18)4/h9-10,17H,5-8,11H2,1-4H3,(H,22,26). The average Bonchev–Trinajstić information content (AvgIpc) is 2.84. The van der Waals surface area contributed by atoms with E-state index in [-0.39, 0.29) is 17.9 Å². The molecule has 0 radical (unpaired) electrons. The van der Waals surface area contributed by atoms with Crippen molar-refractivity contribution in [2.24, 2.45) is 0 Å². The summed E-state index contributed by atoms with van der Waals surface area (Å²) in [6.07, 6.45) is 3.38. The Morgan fingerprint density at radius 3 is 2.70 bits per heavy atom. The summed E-state index contributed by atoms with van der Waals surface area (Å²) in [5, 5.41) is 7.01. The van der Waals surface area contributed by atoms with Gasteiger partial charge in [0, 0.05) is 36.5 Å². The Balaban J connectivity index is 1.62. The lowest BCUT2D eigenvalue weighted by Crippen LogP contribution is -2.36. The number of rotatable bonds is 4. The zero-order valence-electron chi connectivity index (χ0n) is 16.3. The van der Waals surface area contributed by atoms with Crippen LogP contribution in [0.5, 0.6) is 0 Å². The minimum atomic E-state index is -0.137. The Morgan fingerprint density at radius 2 is 2.04 bits per heavy atom. The summed E-state index contributed by atoms with van der Waals surface area (Å²) in [5.74, 6) is 0.707. The molecular weight excluding hydrogens is 344 g/mol. The van der Waals surface area contributed by atoms with E-state index in [1.54, 1.807) is 6.20 Å². The summed E-state index contributed by atoms with van der Waals surface area (Å²) in [5.41, 5.74) is 4.25. The first-order valence-electron chi connectivity index (χ1n) is 9.28. The molecule has 2 amide bonds. The first-order valence-corrected chi connectivity index (χ1v) is 9.28. The van der Waals surface area contributed by atoms with Crippen LogP contribution in [-0.2, 0) is 11.3 Å². The van der Waals surface area contributed by atoms with Crippen LogP contribution in [0.15, 0.2) is 16.8 Å². The number of carbonyl (C=O) groups excluding carboxylic acids is 2. The molecule has 2 aromatic rings. The fraction of sp³-hybridized carbons (Fsp3) is 0.500. The highest BCUT2D eigenvalue weighted by Crippen LogP contribution is 2.19. The molecule has 1 aliphatic heterocycles. The van der Waals surface area contributed by atoms with Crippen LogP contribution < -0.4 is 5.32 Å². The summed E-state index contributed by atoms with van der Waals surface area (Å²) >= 11 is 0. The number of aryl methyl sites for hydroxylation is 4. The number of amides is 2. The molecule has 7 heteroatoms. The van der Waals surface area contributed by atoms with Crippen LogP contribution in [0, 0.1) is 27.7 Å². The molecular formula is C20H26N4O3. The third-order valence-electron chi connectivity index (χ3n) is 5.27. The molecule has 1 atom stereocenters. The number of hydrogen-bond donors (Lipinski definition) is 1. The Labute approximate surface area is 159 Å². The van der Waals surface area contributed by atoms with E-state index in [0.29, 0.717) is 31.5 Å². The van der Waals surface area contributed by atoms with Gasteiger partial charge in [-0.1, -0.05) is 5.16 Å². The molecule has 144 valence electrons. The van der Waals surface area contributed by atoms with E-state index >= 15 is 0 Å². The normalized spacial score (nSPS) is 17.7. The van der Waals surface area contributed by atoms with Gasteiger partial charge in [-0.05, 0) is 52.2 Å². The topological polar surface area (TPSA) is 88.3 Å². The van der Waals surface area contributed by atoms with E-state index in [1.165, 1.54) is 0 Å². The number of likely N-dealkylation sites (tertiary alicyclic amines) is 1. The smallest absolute Gasteiger partial charge is 0.253 e. The van der Waals surface area contributed by atoms with Gasteiger partial charge in [-0.2, -0.15) is 0 Å². The van der Waals surface area contributed by atoms with Gasteiger partial charge in [0.25, 0.3) is 5.91 Å². The molecule has 1 fully saturated rings. The van der Waals surface area contributed by atoms with Gasteiger partial charge in [0.05, 0.1) is 17.8 Å². The summed E-state index contributed by atoms with van der Waals surface area (Å²) in [7, 11) is 0. The van der Waals surface area contributed by atoms with E-state index < -0.39 is 0 Å². The van der Waals surface area contributed by atoms with Crippen molar-refractivity contribution in [1.82, 2.24) is 20.4 Å². The lowest BCUT2D eigenvalue weighted by atomic mass is 10.1. The number of aromatic nitrogens is 2. The van der Waals surface area contributed by atoms with Crippen LogP contribution in [0.25, 0.3) is 0 Å². The van der Waals surface area contributed by atoms with Crippen LogP contribution >= 0.6 is 0 Å².